The number of fused-ring (bicyclic) bond motifs is 1. The molecule has 1 fully saturated rings. The zero-order valence-corrected chi connectivity index (χ0v) is 16.5. The first-order valence-corrected chi connectivity index (χ1v) is 9.10. The van der Waals surface area contributed by atoms with Crippen molar-refractivity contribution in [1.82, 2.24) is 4.90 Å². The van der Waals surface area contributed by atoms with Crippen LogP contribution in [0.15, 0.2) is 18.2 Å². The molecule has 1 atom stereocenters. The van der Waals surface area contributed by atoms with E-state index in [1.54, 1.807) is 23.1 Å². The Morgan fingerprint density at radius 1 is 1.33 bits per heavy atom. The highest BCUT2D eigenvalue weighted by Gasteiger charge is 2.39. The molecule has 0 saturated carbocycles. The lowest BCUT2D eigenvalue weighted by Crippen LogP contribution is -2.58. The van der Waals surface area contributed by atoms with Gasteiger partial charge in [-0.2, -0.15) is 0 Å². The molecule has 2 aliphatic rings. The molecule has 0 spiro atoms. The fraction of sp³-hybridized carbons (Fsp3) is 0.600. The molecule has 7 heteroatoms. The van der Waals surface area contributed by atoms with Crippen LogP contribution in [0.4, 0.5) is 4.79 Å². The third-order valence-corrected chi connectivity index (χ3v) is 4.38. The zero-order chi connectivity index (χ0) is 19.8. The minimum Gasteiger partial charge on any atom is -0.491 e. The maximum absolute atomic E-state index is 12.7. The molecule has 148 valence electrons. The van der Waals surface area contributed by atoms with Crippen molar-refractivity contribution < 1.29 is 28.5 Å². The van der Waals surface area contributed by atoms with E-state index in [4.69, 9.17) is 18.9 Å². The minimum absolute atomic E-state index is 0.260. The second-order valence-corrected chi connectivity index (χ2v) is 8.54. The highest BCUT2D eigenvalue weighted by Crippen LogP contribution is 2.27. The average molecular weight is 377 g/mol. The minimum atomic E-state index is -0.572. The quantitative estimate of drug-likeness (QED) is 0.754. The van der Waals surface area contributed by atoms with E-state index >= 15 is 0 Å². The maximum atomic E-state index is 12.7. The summed E-state index contributed by atoms with van der Waals surface area (Å²) in [5, 5.41) is 0. The third-order valence-electron chi connectivity index (χ3n) is 4.38. The third kappa shape index (κ3) is 4.71. The van der Waals surface area contributed by atoms with E-state index in [1.165, 1.54) is 0 Å². The number of amides is 1. The van der Waals surface area contributed by atoms with Gasteiger partial charge in [-0.05, 0) is 52.8 Å². The Bertz CT molecular complexity index is 736. The lowest BCUT2D eigenvalue weighted by Gasteiger charge is -2.43. The van der Waals surface area contributed by atoms with Crippen molar-refractivity contribution in [2.45, 2.75) is 58.5 Å². The normalized spacial score (nSPS) is 21.4. The van der Waals surface area contributed by atoms with Crippen LogP contribution in [0, 0.1) is 0 Å². The van der Waals surface area contributed by atoms with E-state index in [0.29, 0.717) is 24.5 Å². The topological polar surface area (TPSA) is 74.3 Å². The fourth-order valence-electron chi connectivity index (χ4n) is 3.06. The molecule has 1 unspecified atom stereocenters. The molecular formula is C20H27NO6. The number of carbonyl (C=O) groups excluding carboxylic acids is 2. The standard InChI is InChI=1S/C20H27NO6/c1-19(2,3)27-18(23)21-12-20(4,5)26-11-14(21)10-24-15-6-7-16-13(8-15)9-25-17(16)22/h6-8,14H,9-12H2,1-5H3. The van der Waals surface area contributed by atoms with Gasteiger partial charge in [0.05, 0.1) is 30.4 Å². The first kappa shape index (κ1) is 19.5. The van der Waals surface area contributed by atoms with E-state index in [2.05, 4.69) is 0 Å². The molecule has 2 heterocycles. The van der Waals surface area contributed by atoms with Crippen LogP contribution in [0.3, 0.4) is 0 Å². The van der Waals surface area contributed by atoms with Gasteiger partial charge in [-0.3, -0.25) is 4.90 Å². The van der Waals surface area contributed by atoms with Crippen molar-refractivity contribution in [1.29, 1.82) is 0 Å². The molecule has 2 aliphatic heterocycles. The smallest absolute Gasteiger partial charge is 0.410 e. The van der Waals surface area contributed by atoms with E-state index in [9.17, 15) is 9.59 Å². The Balaban J connectivity index is 1.68. The van der Waals surface area contributed by atoms with Crippen LogP contribution < -0.4 is 4.74 Å². The molecule has 1 aromatic carbocycles. The lowest BCUT2D eigenvalue weighted by molar-refractivity contribution is -0.119. The van der Waals surface area contributed by atoms with Crippen LogP contribution in [0.2, 0.25) is 0 Å². The number of esters is 1. The van der Waals surface area contributed by atoms with Crippen LogP contribution in [0.1, 0.15) is 50.5 Å². The van der Waals surface area contributed by atoms with Gasteiger partial charge in [-0.25, -0.2) is 9.59 Å². The lowest BCUT2D eigenvalue weighted by atomic mass is 10.0. The van der Waals surface area contributed by atoms with Crippen molar-refractivity contribution in [2.24, 2.45) is 0 Å². The maximum Gasteiger partial charge on any atom is 0.410 e. The fourth-order valence-corrected chi connectivity index (χ4v) is 3.06. The molecule has 27 heavy (non-hydrogen) atoms. The van der Waals surface area contributed by atoms with E-state index in [-0.39, 0.29) is 31.3 Å². The van der Waals surface area contributed by atoms with Crippen LogP contribution in [-0.4, -0.2) is 54.0 Å². The van der Waals surface area contributed by atoms with Gasteiger partial charge in [-0.15, -0.1) is 0 Å². The number of rotatable bonds is 3. The number of morpholine rings is 1. The van der Waals surface area contributed by atoms with Crippen LogP contribution in [0.5, 0.6) is 5.75 Å². The largest absolute Gasteiger partial charge is 0.491 e. The molecule has 0 aliphatic carbocycles. The average Bonchev–Trinajstić information content (AvgIpc) is 2.92. The molecule has 3 rings (SSSR count). The summed E-state index contributed by atoms with van der Waals surface area (Å²) in [6, 6.07) is 4.97. The molecule has 1 amide bonds. The Labute approximate surface area is 159 Å². The Morgan fingerprint density at radius 3 is 2.78 bits per heavy atom. The molecule has 1 aromatic rings. The molecular weight excluding hydrogens is 350 g/mol. The van der Waals surface area contributed by atoms with E-state index in [0.717, 1.165) is 5.56 Å². The molecule has 0 aromatic heterocycles. The summed E-state index contributed by atoms with van der Waals surface area (Å²) in [7, 11) is 0. The zero-order valence-electron chi connectivity index (χ0n) is 16.5. The SMILES string of the molecule is CC(C)(C)OC(=O)N1CC(C)(C)OCC1COc1ccc2c(c1)COC2=O. The molecule has 0 bridgehead atoms. The van der Waals surface area contributed by atoms with Crippen molar-refractivity contribution in [3.63, 3.8) is 0 Å². The van der Waals surface area contributed by atoms with Crippen molar-refractivity contribution in [2.75, 3.05) is 19.8 Å². The van der Waals surface area contributed by atoms with Crippen molar-refractivity contribution in [3.05, 3.63) is 29.3 Å². The van der Waals surface area contributed by atoms with Gasteiger partial charge in [-0.1, -0.05) is 0 Å². The summed E-state index contributed by atoms with van der Waals surface area (Å²) in [6.07, 6.45) is -0.375. The Hall–Kier alpha value is -2.28. The predicted octanol–water partition coefficient (Wildman–Crippen LogP) is 3.15. The summed E-state index contributed by atoms with van der Waals surface area (Å²) in [4.78, 5) is 25.9. The molecule has 1 saturated heterocycles. The first-order valence-electron chi connectivity index (χ1n) is 9.10. The summed E-state index contributed by atoms with van der Waals surface area (Å²) >= 11 is 0. The van der Waals surface area contributed by atoms with Crippen LogP contribution in [-0.2, 0) is 20.8 Å². The highest BCUT2D eigenvalue weighted by molar-refractivity contribution is 5.93. The van der Waals surface area contributed by atoms with Gasteiger partial charge in [0.25, 0.3) is 0 Å². The van der Waals surface area contributed by atoms with Gasteiger partial charge < -0.3 is 18.9 Å². The predicted molar refractivity (Wildman–Crippen MR) is 97.8 cm³/mol. The number of carbonyl (C=O) groups is 2. The van der Waals surface area contributed by atoms with Crippen molar-refractivity contribution >= 4 is 12.1 Å². The second kappa shape index (κ2) is 7.03. The van der Waals surface area contributed by atoms with Crippen molar-refractivity contribution in [3.8, 4) is 5.75 Å². The van der Waals surface area contributed by atoms with Gasteiger partial charge in [0.1, 0.15) is 24.6 Å². The summed E-state index contributed by atoms with van der Waals surface area (Å²) in [6.45, 7) is 10.7. The van der Waals surface area contributed by atoms with Gasteiger partial charge >= 0.3 is 12.1 Å². The Morgan fingerprint density at radius 2 is 2.07 bits per heavy atom. The Kier molecular flexibility index (Phi) is 5.08. The monoisotopic (exact) mass is 377 g/mol. The number of hydrogen-bond donors (Lipinski definition) is 0. The highest BCUT2D eigenvalue weighted by atomic mass is 16.6. The number of nitrogens with zero attached hydrogens (tertiary/aromatic N) is 1. The van der Waals surface area contributed by atoms with Crippen LogP contribution >= 0.6 is 0 Å². The van der Waals surface area contributed by atoms with E-state index < -0.39 is 11.2 Å². The second-order valence-electron chi connectivity index (χ2n) is 8.54. The molecule has 0 radical (unpaired) electrons. The summed E-state index contributed by atoms with van der Waals surface area (Å²) in [5.41, 5.74) is 0.360. The molecule has 7 nitrogen and oxygen atoms in total. The number of ether oxygens (including phenoxy) is 4. The first-order chi connectivity index (χ1) is 12.5. The summed E-state index contributed by atoms with van der Waals surface area (Å²) in [5.74, 6) is 0.316. The van der Waals surface area contributed by atoms with Crippen LogP contribution in [0.25, 0.3) is 0 Å². The summed E-state index contributed by atoms with van der Waals surface area (Å²) < 4.78 is 22.3. The van der Waals surface area contributed by atoms with Gasteiger partial charge in [0.2, 0.25) is 0 Å². The number of cyclic esters (lactones) is 1. The molecule has 0 N–H and O–H groups in total. The van der Waals surface area contributed by atoms with Gasteiger partial charge in [0, 0.05) is 5.56 Å². The number of hydrogen-bond acceptors (Lipinski definition) is 6. The number of benzene rings is 1. The van der Waals surface area contributed by atoms with Gasteiger partial charge in [0.15, 0.2) is 0 Å². The van der Waals surface area contributed by atoms with E-state index in [1.807, 2.05) is 34.6 Å².